The molecule has 7 nitrogen and oxygen atoms in total. The van der Waals surface area contributed by atoms with Crippen LogP contribution in [-0.2, 0) is 4.79 Å². The molecule has 2 fully saturated rings. The van der Waals surface area contributed by atoms with Crippen molar-refractivity contribution in [2.75, 3.05) is 46.3 Å². The summed E-state index contributed by atoms with van der Waals surface area (Å²) in [6.45, 7) is 6.16. The molecule has 2 rings (SSSR count). The van der Waals surface area contributed by atoms with Crippen LogP contribution in [0.5, 0.6) is 0 Å². The third-order valence-corrected chi connectivity index (χ3v) is 4.55. The van der Waals surface area contributed by atoms with Crippen molar-refractivity contribution in [2.24, 2.45) is 0 Å². The van der Waals surface area contributed by atoms with E-state index in [1.54, 1.807) is 11.8 Å². The van der Waals surface area contributed by atoms with Crippen LogP contribution in [-0.4, -0.2) is 90.2 Å². The molecule has 0 aliphatic carbocycles. The molecule has 7 heteroatoms. The Bertz CT molecular complexity index is 374. The van der Waals surface area contributed by atoms with Crippen molar-refractivity contribution in [1.29, 1.82) is 0 Å². The van der Waals surface area contributed by atoms with Gasteiger partial charge in [-0.1, -0.05) is 0 Å². The molecule has 2 saturated heterocycles. The summed E-state index contributed by atoms with van der Waals surface area (Å²) in [6.07, 6.45) is 2.00. The summed E-state index contributed by atoms with van der Waals surface area (Å²) in [6, 6.07) is -0.221. The first-order valence-electron chi connectivity index (χ1n) is 7.68. The molecule has 0 saturated carbocycles. The van der Waals surface area contributed by atoms with Crippen LogP contribution in [0.15, 0.2) is 0 Å². The van der Waals surface area contributed by atoms with Gasteiger partial charge in [-0.2, -0.15) is 0 Å². The highest BCUT2D eigenvalue weighted by Crippen LogP contribution is 2.10. The first-order chi connectivity index (χ1) is 9.97. The third-order valence-electron chi connectivity index (χ3n) is 4.55. The number of hydrogen-bond acceptors (Lipinski definition) is 4. The fraction of sp³-hybridized carbons (Fsp3) is 0.857. The first-order valence-corrected chi connectivity index (χ1v) is 7.68. The third kappa shape index (κ3) is 4.31. The van der Waals surface area contributed by atoms with Gasteiger partial charge >= 0.3 is 12.0 Å². The van der Waals surface area contributed by atoms with Crippen LogP contribution in [0.4, 0.5) is 4.79 Å². The molecule has 0 bridgehead atoms. The molecule has 0 spiro atoms. The summed E-state index contributed by atoms with van der Waals surface area (Å²) in [5.41, 5.74) is 0. The number of aliphatic carboxylic acids is 1. The minimum Gasteiger partial charge on any atom is -0.480 e. The van der Waals surface area contributed by atoms with Gasteiger partial charge in [-0.15, -0.1) is 0 Å². The Morgan fingerprint density at radius 2 is 1.67 bits per heavy atom. The minimum absolute atomic E-state index is 0.00724. The van der Waals surface area contributed by atoms with Crippen LogP contribution in [0.2, 0.25) is 0 Å². The number of carboxylic acids is 1. The lowest BCUT2D eigenvalue weighted by Crippen LogP contribution is -2.56. The molecule has 0 aromatic heterocycles. The molecular formula is C14H26N4O3. The number of urea groups is 1. The lowest BCUT2D eigenvalue weighted by molar-refractivity contribution is -0.143. The molecule has 2 amide bonds. The van der Waals surface area contributed by atoms with Gasteiger partial charge in [-0.25, -0.2) is 4.79 Å². The van der Waals surface area contributed by atoms with Gasteiger partial charge < -0.3 is 20.2 Å². The Hall–Kier alpha value is -1.34. The summed E-state index contributed by atoms with van der Waals surface area (Å²) in [5.74, 6) is -0.806. The maximum Gasteiger partial charge on any atom is 0.320 e. The van der Waals surface area contributed by atoms with Crippen LogP contribution < -0.4 is 5.32 Å². The van der Waals surface area contributed by atoms with Gasteiger partial charge in [0.05, 0.1) is 0 Å². The Kier molecular flexibility index (Phi) is 5.41. The number of hydrogen-bond donors (Lipinski definition) is 2. The van der Waals surface area contributed by atoms with E-state index in [9.17, 15) is 9.59 Å². The Morgan fingerprint density at radius 3 is 2.19 bits per heavy atom. The fourth-order valence-electron chi connectivity index (χ4n) is 2.89. The normalized spacial score (nSPS) is 23.8. The second kappa shape index (κ2) is 7.09. The maximum absolute atomic E-state index is 12.2. The van der Waals surface area contributed by atoms with E-state index in [0.29, 0.717) is 26.2 Å². The van der Waals surface area contributed by atoms with E-state index in [2.05, 4.69) is 17.3 Å². The second-order valence-corrected chi connectivity index (χ2v) is 6.06. The number of carboxylic acid groups (broad SMARTS) is 1. The smallest absolute Gasteiger partial charge is 0.320 e. The largest absolute Gasteiger partial charge is 0.480 e. The topological polar surface area (TPSA) is 76.1 Å². The standard InChI is InChI=1S/C14H26N4O3/c1-11(13(19)20)17-7-9-18(10-8-17)14(21)15-12-3-5-16(2)6-4-12/h11-12H,3-10H2,1-2H3,(H,15,21)(H,19,20). The fourth-order valence-corrected chi connectivity index (χ4v) is 2.89. The summed E-state index contributed by atoms with van der Waals surface area (Å²) < 4.78 is 0. The van der Waals surface area contributed by atoms with E-state index in [4.69, 9.17) is 5.11 Å². The predicted octanol–water partition coefficient (Wildman–Crippen LogP) is -0.119. The quantitative estimate of drug-likeness (QED) is 0.760. The molecule has 2 aliphatic rings. The van der Waals surface area contributed by atoms with Gasteiger partial charge in [0.1, 0.15) is 6.04 Å². The molecule has 21 heavy (non-hydrogen) atoms. The van der Waals surface area contributed by atoms with Crippen molar-refractivity contribution < 1.29 is 14.7 Å². The number of carbonyl (C=O) groups is 2. The van der Waals surface area contributed by atoms with Crippen molar-refractivity contribution >= 4 is 12.0 Å². The summed E-state index contributed by atoms with van der Waals surface area (Å²) >= 11 is 0. The monoisotopic (exact) mass is 298 g/mol. The molecule has 0 aromatic rings. The highest BCUT2D eigenvalue weighted by molar-refractivity contribution is 5.75. The number of likely N-dealkylation sites (tertiary alicyclic amines) is 1. The molecule has 1 atom stereocenters. The summed E-state index contributed by atoms with van der Waals surface area (Å²) in [7, 11) is 2.10. The van der Waals surface area contributed by atoms with Crippen molar-refractivity contribution in [1.82, 2.24) is 20.0 Å². The zero-order valence-corrected chi connectivity index (χ0v) is 12.9. The highest BCUT2D eigenvalue weighted by Gasteiger charge is 2.28. The number of nitrogens with one attached hydrogen (secondary N) is 1. The number of nitrogens with zero attached hydrogens (tertiary/aromatic N) is 3. The summed E-state index contributed by atoms with van der Waals surface area (Å²) in [4.78, 5) is 29.2. The molecule has 1 unspecified atom stereocenters. The van der Waals surface area contributed by atoms with Gasteiger partial charge in [-0.05, 0) is 39.9 Å². The average Bonchev–Trinajstić information content (AvgIpc) is 2.49. The zero-order valence-electron chi connectivity index (χ0n) is 12.9. The van der Waals surface area contributed by atoms with E-state index in [1.165, 1.54) is 0 Å². The van der Waals surface area contributed by atoms with Crippen LogP contribution in [0, 0.1) is 0 Å². The number of rotatable bonds is 3. The van der Waals surface area contributed by atoms with Crippen molar-refractivity contribution in [3.63, 3.8) is 0 Å². The number of piperidine rings is 1. The van der Waals surface area contributed by atoms with E-state index >= 15 is 0 Å². The first kappa shape index (κ1) is 16.0. The molecule has 120 valence electrons. The van der Waals surface area contributed by atoms with Gasteiger partial charge in [0.15, 0.2) is 0 Å². The van der Waals surface area contributed by atoms with Crippen molar-refractivity contribution in [2.45, 2.75) is 31.8 Å². The number of amides is 2. The second-order valence-electron chi connectivity index (χ2n) is 6.06. The Labute approximate surface area is 125 Å². The SMILES string of the molecule is CC(C(=O)O)N1CCN(C(=O)NC2CCN(C)CC2)CC1. The van der Waals surface area contributed by atoms with Crippen LogP contribution in [0.1, 0.15) is 19.8 Å². The van der Waals surface area contributed by atoms with Crippen LogP contribution in [0.25, 0.3) is 0 Å². The molecule has 2 N–H and O–H groups in total. The zero-order chi connectivity index (χ0) is 15.4. The minimum atomic E-state index is -0.806. The van der Waals surface area contributed by atoms with Crippen LogP contribution >= 0.6 is 0 Å². The average molecular weight is 298 g/mol. The van der Waals surface area contributed by atoms with Gasteiger partial charge in [0, 0.05) is 32.2 Å². The molecular weight excluding hydrogens is 272 g/mol. The van der Waals surface area contributed by atoms with Crippen molar-refractivity contribution in [3.05, 3.63) is 0 Å². The summed E-state index contributed by atoms with van der Waals surface area (Å²) in [5, 5.41) is 12.1. The number of carbonyl (C=O) groups excluding carboxylic acids is 1. The molecule has 0 radical (unpaired) electrons. The lowest BCUT2D eigenvalue weighted by Gasteiger charge is -2.38. The van der Waals surface area contributed by atoms with Gasteiger partial charge in [0.25, 0.3) is 0 Å². The molecule has 2 heterocycles. The van der Waals surface area contributed by atoms with Crippen molar-refractivity contribution in [3.8, 4) is 0 Å². The van der Waals surface area contributed by atoms with Crippen LogP contribution in [0.3, 0.4) is 0 Å². The Balaban J connectivity index is 1.74. The maximum atomic E-state index is 12.2. The molecule has 2 aliphatic heterocycles. The Morgan fingerprint density at radius 1 is 1.10 bits per heavy atom. The van der Waals surface area contributed by atoms with Gasteiger partial charge in [-0.3, -0.25) is 9.69 Å². The van der Waals surface area contributed by atoms with E-state index in [1.807, 2.05) is 4.90 Å². The predicted molar refractivity (Wildman–Crippen MR) is 79.3 cm³/mol. The van der Waals surface area contributed by atoms with E-state index < -0.39 is 12.0 Å². The van der Waals surface area contributed by atoms with E-state index in [-0.39, 0.29) is 12.1 Å². The van der Waals surface area contributed by atoms with E-state index in [0.717, 1.165) is 25.9 Å². The lowest BCUT2D eigenvalue weighted by atomic mass is 10.1. The van der Waals surface area contributed by atoms with Gasteiger partial charge in [0.2, 0.25) is 0 Å². The molecule has 0 aromatic carbocycles. The number of piperazine rings is 1. The highest BCUT2D eigenvalue weighted by atomic mass is 16.4.